The second kappa shape index (κ2) is 5.46. The first-order valence-electron chi connectivity index (χ1n) is 5.69. The monoisotopic (exact) mass is 226 g/mol. The summed E-state index contributed by atoms with van der Waals surface area (Å²) >= 11 is 0. The third-order valence-corrected chi connectivity index (χ3v) is 3.15. The number of hydrogen-bond donors (Lipinski definition) is 1. The number of amides is 1. The third-order valence-electron chi connectivity index (χ3n) is 3.15. The minimum atomic E-state index is -0.414. The van der Waals surface area contributed by atoms with Crippen LogP contribution in [0.4, 0.5) is 0 Å². The van der Waals surface area contributed by atoms with E-state index in [1.54, 1.807) is 4.90 Å². The third kappa shape index (κ3) is 2.83. The van der Waals surface area contributed by atoms with Crippen molar-refractivity contribution in [2.24, 2.45) is 11.1 Å². The van der Waals surface area contributed by atoms with Crippen molar-refractivity contribution in [3.63, 3.8) is 0 Å². The fraction of sp³-hybridized carbons (Fsp3) is 0.750. The van der Waals surface area contributed by atoms with Gasteiger partial charge in [0.05, 0.1) is 5.41 Å². The molecule has 4 heteroatoms. The Morgan fingerprint density at radius 2 is 2.06 bits per heavy atom. The molecular formula is C12H22N2O2. The average Bonchev–Trinajstić information content (AvgIpc) is 2.28. The van der Waals surface area contributed by atoms with Crippen molar-refractivity contribution in [3.8, 4) is 0 Å². The first-order valence-corrected chi connectivity index (χ1v) is 5.69. The topological polar surface area (TPSA) is 55.6 Å². The van der Waals surface area contributed by atoms with Gasteiger partial charge in [-0.3, -0.25) is 4.79 Å². The maximum atomic E-state index is 12.3. The van der Waals surface area contributed by atoms with E-state index in [-0.39, 0.29) is 5.91 Å². The molecule has 0 aromatic carbocycles. The molecule has 0 radical (unpaired) electrons. The molecule has 1 amide bonds. The highest BCUT2D eigenvalue weighted by Crippen LogP contribution is 2.31. The van der Waals surface area contributed by atoms with Gasteiger partial charge in [-0.1, -0.05) is 12.2 Å². The zero-order valence-electron chi connectivity index (χ0n) is 10.3. The Balaban J connectivity index is 2.71. The maximum Gasteiger partial charge on any atom is 0.230 e. The van der Waals surface area contributed by atoms with E-state index in [1.165, 1.54) is 0 Å². The van der Waals surface area contributed by atoms with Crippen molar-refractivity contribution >= 4 is 5.91 Å². The molecule has 0 aromatic heterocycles. The van der Waals surface area contributed by atoms with E-state index in [9.17, 15) is 4.79 Å². The first-order chi connectivity index (χ1) is 7.52. The van der Waals surface area contributed by atoms with E-state index in [2.05, 4.69) is 6.58 Å². The second-order valence-corrected chi connectivity index (χ2v) is 4.72. The van der Waals surface area contributed by atoms with E-state index in [0.29, 0.717) is 26.3 Å². The van der Waals surface area contributed by atoms with Crippen LogP contribution in [0.2, 0.25) is 0 Å². The van der Waals surface area contributed by atoms with Gasteiger partial charge >= 0.3 is 0 Å². The highest BCUT2D eigenvalue weighted by atomic mass is 16.5. The molecule has 1 aliphatic heterocycles. The van der Waals surface area contributed by atoms with Crippen LogP contribution in [-0.4, -0.2) is 44.2 Å². The van der Waals surface area contributed by atoms with Crippen LogP contribution in [0.3, 0.4) is 0 Å². The standard InChI is InChI=1S/C12H22N2O2/c1-10(2)8-14(3)11(15)12(9-13)4-6-16-7-5-12/h1,4-9,13H2,2-3H3. The van der Waals surface area contributed by atoms with Crippen LogP contribution in [0.5, 0.6) is 0 Å². The van der Waals surface area contributed by atoms with E-state index in [4.69, 9.17) is 10.5 Å². The van der Waals surface area contributed by atoms with Crippen molar-refractivity contribution in [1.29, 1.82) is 0 Å². The van der Waals surface area contributed by atoms with E-state index in [1.807, 2.05) is 14.0 Å². The Morgan fingerprint density at radius 1 is 1.50 bits per heavy atom. The molecule has 0 saturated carbocycles. The highest BCUT2D eigenvalue weighted by Gasteiger charge is 2.40. The predicted molar refractivity (Wildman–Crippen MR) is 64.0 cm³/mol. The maximum absolute atomic E-state index is 12.3. The molecule has 1 saturated heterocycles. The molecule has 0 unspecified atom stereocenters. The summed E-state index contributed by atoms with van der Waals surface area (Å²) < 4.78 is 5.29. The van der Waals surface area contributed by atoms with Gasteiger partial charge in [-0.05, 0) is 19.8 Å². The summed E-state index contributed by atoms with van der Waals surface area (Å²) in [5.41, 5.74) is 6.35. The predicted octanol–water partition coefficient (Wildman–Crippen LogP) is 0.776. The SMILES string of the molecule is C=C(C)CN(C)C(=O)C1(CN)CCOCC1. The molecule has 1 aliphatic rings. The van der Waals surface area contributed by atoms with Gasteiger partial charge in [0.2, 0.25) is 5.91 Å². The number of hydrogen-bond acceptors (Lipinski definition) is 3. The molecule has 0 atom stereocenters. The molecular weight excluding hydrogens is 204 g/mol. The first kappa shape index (κ1) is 13.2. The summed E-state index contributed by atoms with van der Waals surface area (Å²) in [5, 5.41) is 0. The normalized spacial score (nSPS) is 19.2. The van der Waals surface area contributed by atoms with Crippen molar-refractivity contribution in [2.45, 2.75) is 19.8 Å². The highest BCUT2D eigenvalue weighted by molar-refractivity contribution is 5.83. The van der Waals surface area contributed by atoms with Gasteiger partial charge in [-0.15, -0.1) is 0 Å². The number of carbonyl (C=O) groups is 1. The zero-order valence-corrected chi connectivity index (χ0v) is 10.3. The van der Waals surface area contributed by atoms with Gasteiger partial charge < -0.3 is 15.4 Å². The lowest BCUT2D eigenvalue weighted by Gasteiger charge is -2.37. The molecule has 92 valence electrons. The lowest BCUT2D eigenvalue weighted by Crippen LogP contribution is -2.50. The zero-order chi connectivity index (χ0) is 12.2. The van der Waals surface area contributed by atoms with Crippen LogP contribution >= 0.6 is 0 Å². The van der Waals surface area contributed by atoms with Gasteiger partial charge in [0.1, 0.15) is 0 Å². The van der Waals surface area contributed by atoms with Gasteiger partial charge in [-0.25, -0.2) is 0 Å². The molecule has 16 heavy (non-hydrogen) atoms. The Morgan fingerprint density at radius 3 is 2.50 bits per heavy atom. The molecule has 0 spiro atoms. The van der Waals surface area contributed by atoms with Crippen molar-refractivity contribution in [2.75, 3.05) is 33.4 Å². The number of ether oxygens (including phenoxy) is 1. The average molecular weight is 226 g/mol. The number of carbonyl (C=O) groups excluding carboxylic acids is 1. The lowest BCUT2D eigenvalue weighted by molar-refractivity contribution is -0.145. The van der Waals surface area contributed by atoms with Gasteiger partial charge in [-0.2, -0.15) is 0 Å². The molecule has 1 fully saturated rings. The summed E-state index contributed by atoms with van der Waals surface area (Å²) in [5.74, 6) is 0.126. The smallest absolute Gasteiger partial charge is 0.230 e. The quantitative estimate of drug-likeness (QED) is 0.721. The van der Waals surface area contributed by atoms with Crippen LogP contribution in [0.1, 0.15) is 19.8 Å². The van der Waals surface area contributed by atoms with Gasteiger partial charge in [0.15, 0.2) is 0 Å². The lowest BCUT2D eigenvalue weighted by atomic mass is 9.79. The number of likely N-dealkylation sites (N-methyl/N-ethyl adjacent to an activating group) is 1. The summed E-state index contributed by atoms with van der Waals surface area (Å²) in [4.78, 5) is 14.1. The Hall–Kier alpha value is -0.870. The molecule has 0 bridgehead atoms. The summed E-state index contributed by atoms with van der Waals surface area (Å²) in [6.07, 6.45) is 1.45. The minimum absolute atomic E-state index is 0.126. The van der Waals surface area contributed by atoms with Crippen LogP contribution in [0.15, 0.2) is 12.2 Å². The largest absolute Gasteiger partial charge is 0.381 e. The molecule has 0 aromatic rings. The van der Waals surface area contributed by atoms with E-state index >= 15 is 0 Å². The molecule has 1 rings (SSSR count). The second-order valence-electron chi connectivity index (χ2n) is 4.72. The van der Waals surface area contributed by atoms with Crippen LogP contribution in [-0.2, 0) is 9.53 Å². The van der Waals surface area contributed by atoms with Gasteiger partial charge in [0, 0.05) is 33.4 Å². The van der Waals surface area contributed by atoms with Gasteiger partial charge in [0.25, 0.3) is 0 Å². The Bertz CT molecular complexity index is 270. The Kier molecular flexibility index (Phi) is 4.50. The fourth-order valence-electron chi connectivity index (χ4n) is 2.15. The minimum Gasteiger partial charge on any atom is -0.381 e. The molecule has 2 N–H and O–H groups in total. The van der Waals surface area contributed by atoms with Crippen molar-refractivity contribution in [3.05, 3.63) is 12.2 Å². The molecule has 0 aliphatic carbocycles. The number of rotatable bonds is 4. The number of nitrogens with zero attached hydrogens (tertiary/aromatic N) is 1. The Labute approximate surface area is 97.4 Å². The van der Waals surface area contributed by atoms with Crippen LogP contribution < -0.4 is 5.73 Å². The van der Waals surface area contributed by atoms with E-state index < -0.39 is 5.41 Å². The van der Waals surface area contributed by atoms with Crippen LogP contribution in [0.25, 0.3) is 0 Å². The number of nitrogens with two attached hydrogens (primary N) is 1. The summed E-state index contributed by atoms with van der Waals surface area (Å²) in [6.45, 7) is 8.00. The van der Waals surface area contributed by atoms with Crippen molar-refractivity contribution in [1.82, 2.24) is 4.90 Å². The summed E-state index contributed by atoms with van der Waals surface area (Å²) in [7, 11) is 1.81. The van der Waals surface area contributed by atoms with Crippen LogP contribution in [0, 0.1) is 5.41 Å². The fourth-order valence-corrected chi connectivity index (χ4v) is 2.15. The van der Waals surface area contributed by atoms with E-state index in [0.717, 1.165) is 18.4 Å². The van der Waals surface area contributed by atoms with Crippen molar-refractivity contribution < 1.29 is 9.53 Å². The summed E-state index contributed by atoms with van der Waals surface area (Å²) in [6, 6.07) is 0. The molecule has 1 heterocycles. The molecule has 4 nitrogen and oxygen atoms in total.